The number of ether oxygens (including phenoxy) is 1. The van der Waals surface area contributed by atoms with E-state index in [0.29, 0.717) is 12.1 Å². The highest BCUT2D eigenvalue weighted by Gasteiger charge is 2.39. The maximum absolute atomic E-state index is 13.1. The summed E-state index contributed by atoms with van der Waals surface area (Å²) in [5, 5.41) is 0.226. The van der Waals surface area contributed by atoms with Gasteiger partial charge in [0.1, 0.15) is 11.6 Å². The molecule has 0 amide bonds. The number of nitrogens with one attached hydrogen (secondary N) is 1. The lowest BCUT2D eigenvalue weighted by Crippen LogP contribution is -2.20. The Hall–Kier alpha value is -3.04. The second-order valence-electron chi connectivity index (χ2n) is 5.19. The van der Waals surface area contributed by atoms with Crippen LogP contribution in [0.15, 0.2) is 47.3 Å². The zero-order chi connectivity index (χ0) is 19.1. The van der Waals surface area contributed by atoms with E-state index in [9.17, 15) is 31.1 Å². The van der Waals surface area contributed by atoms with Crippen LogP contribution in [0.5, 0.6) is 5.75 Å². The summed E-state index contributed by atoms with van der Waals surface area (Å²) >= 11 is 0. The van der Waals surface area contributed by atoms with Crippen molar-refractivity contribution in [3.05, 3.63) is 58.4 Å². The van der Waals surface area contributed by atoms with Gasteiger partial charge in [-0.25, -0.2) is 4.98 Å². The molecule has 0 aliphatic carbocycles. The number of fused-ring (bicyclic) bond motifs is 1. The number of nitrogens with zero attached hydrogens (tertiary/aromatic N) is 1. The largest absolute Gasteiger partial charge is 0.573 e. The van der Waals surface area contributed by atoms with Gasteiger partial charge in [0.15, 0.2) is 0 Å². The highest BCUT2D eigenvalue weighted by atomic mass is 19.4. The molecule has 26 heavy (non-hydrogen) atoms. The molecule has 136 valence electrons. The van der Waals surface area contributed by atoms with E-state index in [4.69, 9.17) is 0 Å². The van der Waals surface area contributed by atoms with Crippen molar-refractivity contribution >= 4 is 10.9 Å². The summed E-state index contributed by atoms with van der Waals surface area (Å²) in [4.78, 5) is 18.4. The molecule has 0 saturated carbocycles. The molecule has 1 N–H and O–H groups in total. The third-order valence-corrected chi connectivity index (χ3v) is 3.40. The molecule has 1 heterocycles. The van der Waals surface area contributed by atoms with Crippen LogP contribution in [0.3, 0.4) is 0 Å². The van der Waals surface area contributed by atoms with Crippen LogP contribution in [0.2, 0.25) is 0 Å². The van der Waals surface area contributed by atoms with Gasteiger partial charge in [0.05, 0.1) is 16.5 Å². The van der Waals surface area contributed by atoms with Crippen molar-refractivity contribution in [2.24, 2.45) is 0 Å². The summed E-state index contributed by atoms with van der Waals surface area (Å²) in [6.45, 7) is 0. The predicted molar refractivity (Wildman–Crippen MR) is 79.5 cm³/mol. The van der Waals surface area contributed by atoms with Crippen molar-refractivity contribution in [3.8, 4) is 17.1 Å². The molecule has 0 bridgehead atoms. The Morgan fingerprint density at radius 3 is 2.31 bits per heavy atom. The Kier molecular flexibility index (Phi) is 4.13. The molecule has 0 radical (unpaired) electrons. The smallest absolute Gasteiger partial charge is 0.405 e. The first kappa shape index (κ1) is 17.8. The lowest BCUT2D eigenvalue weighted by molar-refractivity contribution is -0.276. The van der Waals surface area contributed by atoms with E-state index in [1.165, 1.54) is 12.1 Å². The standard InChI is InChI=1S/C16H8F6N2O2/c17-15(18,19)10-7-8(5-6-12(10)26-16(20,21)22)13-23-11-4-2-1-3-9(11)14(25)24-13/h1-7H,(H,23,24,25). The predicted octanol–water partition coefficient (Wildman–Crippen LogP) is 4.51. The molecule has 10 heteroatoms. The van der Waals surface area contributed by atoms with Gasteiger partial charge in [-0.2, -0.15) is 13.2 Å². The van der Waals surface area contributed by atoms with Crippen molar-refractivity contribution in [2.45, 2.75) is 12.5 Å². The zero-order valence-corrected chi connectivity index (χ0v) is 12.6. The maximum atomic E-state index is 13.1. The van der Waals surface area contributed by atoms with Crippen LogP contribution in [0.1, 0.15) is 5.56 Å². The van der Waals surface area contributed by atoms with Crippen molar-refractivity contribution in [3.63, 3.8) is 0 Å². The number of hydrogen-bond donors (Lipinski definition) is 1. The van der Waals surface area contributed by atoms with Gasteiger partial charge in [-0.15, -0.1) is 13.2 Å². The van der Waals surface area contributed by atoms with E-state index in [1.54, 1.807) is 12.1 Å². The fraction of sp³-hybridized carbons (Fsp3) is 0.125. The van der Waals surface area contributed by atoms with Crippen LogP contribution in [0, 0.1) is 0 Å². The Labute approximate surface area is 141 Å². The van der Waals surface area contributed by atoms with E-state index >= 15 is 0 Å². The first-order valence-electron chi connectivity index (χ1n) is 7.01. The molecule has 0 aliphatic heterocycles. The number of aromatic amines is 1. The molecule has 3 rings (SSSR count). The quantitative estimate of drug-likeness (QED) is 0.672. The summed E-state index contributed by atoms with van der Waals surface area (Å²) in [6, 6.07) is 8.05. The Morgan fingerprint density at radius 1 is 0.962 bits per heavy atom. The maximum Gasteiger partial charge on any atom is 0.573 e. The van der Waals surface area contributed by atoms with Crippen LogP contribution < -0.4 is 10.3 Å². The van der Waals surface area contributed by atoms with E-state index in [2.05, 4.69) is 14.7 Å². The molecule has 4 nitrogen and oxygen atoms in total. The van der Waals surface area contributed by atoms with Crippen molar-refractivity contribution in [2.75, 3.05) is 0 Å². The van der Waals surface area contributed by atoms with Crippen LogP contribution in [0.25, 0.3) is 22.3 Å². The molecular weight excluding hydrogens is 366 g/mol. The molecule has 3 aromatic rings. The van der Waals surface area contributed by atoms with Gasteiger partial charge in [-0.3, -0.25) is 4.79 Å². The van der Waals surface area contributed by atoms with Crippen LogP contribution in [-0.4, -0.2) is 16.3 Å². The van der Waals surface area contributed by atoms with Crippen molar-refractivity contribution < 1.29 is 31.1 Å². The minimum atomic E-state index is -5.28. The molecule has 0 spiro atoms. The van der Waals surface area contributed by atoms with Crippen molar-refractivity contribution in [1.82, 2.24) is 9.97 Å². The second-order valence-corrected chi connectivity index (χ2v) is 5.19. The normalized spacial score (nSPS) is 12.4. The average molecular weight is 374 g/mol. The molecule has 2 aromatic carbocycles. The van der Waals surface area contributed by atoms with Gasteiger partial charge in [0, 0.05) is 5.56 Å². The first-order chi connectivity index (χ1) is 12.0. The minimum Gasteiger partial charge on any atom is -0.405 e. The van der Waals surface area contributed by atoms with Gasteiger partial charge in [-0.05, 0) is 30.3 Å². The molecular formula is C16H8F6N2O2. The lowest BCUT2D eigenvalue weighted by atomic mass is 10.1. The average Bonchev–Trinajstić information content (AvgIpc) is 2.52. The van der Waals surface area contributed by atoms with E-state index in [0.717, 1.165) is 6.07 Å². The van der Waals surface area contributed by atoms with Gasteiger partial charge in [-0.1, -0.05) is 12.1 Å². The highest BCUT2D eigenvalue weighted by Crippen LogP contribution is 2.40. The minimum absolute atomic E-state index is 0.210. The van der Waals surface area contributed by atoms with Crippen LogP contribution >= 0.6 is 0 Å². The van der Waals surface area contributed by atoms with Crippen molar-refractivity contribution in [1.29, 1.82) is 0 Å². The zero-order valence-electron chi connectivity index (χ0n) is 12.6. The van der Waals surface area contributed by atoms with E-state index in [-0.39, 0.29) is 22.3 Å². The molecule has 0 fully saturated rings. The molecule has 0 atom stereocenters. The SMILES string of the molecule is O=c1[nH]c(-c2ccc(OC(F)(F)F)c(C(F)(F)F)c2)nc2ccccc12. The van der Waals surface area contributed by atoms with Crippen LogP contribution in [-0.2, 0) is 6.18 Å². The van der Waals surface area contributed by atoms with Gasteiger partial charge in [0.2, 0.25) is 0 Å². The molecule has 1 aromatic heterocycles. The number of halogens is 6. The molecule has 0 aliphatic rings. The second kappa shape index (κ2) is 6.04. The number of H-pyrrole nitrogens is 1. The first-order valence-corrected chi connectivity index (χ1v) is 7.01. The summed E-state index contributed by atoms with van der Waals surface area (Å²) < 4.78 is 79.7. The van der Waals surface area contributed by atoms with Crippen LogP contribution in [0.4, 0.5) is 26.3 Å². The fourth-order valence-corrected chi connectivity index (χ4v) is 2.34. The number of alkyl halides is 6. The van der Waals surface area contributed by atoms with E-state index < -0.39 is 29.4 Å². The molecule has 0 saturated heterocycles. The third kappa shape index (κ3) is 3.63. The number of para-hydroxylation sites is 1. The number of aromatic nitrogens is 2. The number of rotatable bonds is 2. The Balaban J connectivity index is 2.16. The fourth-order valence-electron chi connectivity index (χ4n) is 2.34. The monoisotopic (exact) mass is 374 g/mol. The lowest BCUT2D eigenvalue weighted by Gasteiger charge is -2.16. The molecule has 0 unspecified atom stereocenters. The summed E-state index contributed by atoms with van der Waals surface area (Å²) in [5.74, 6) is -1.60. The van der Waals surface area contributed by atoms with Gasteiger partial charge < -0.3 is 9.72 Å². The highest BCUT2D eigenvalue weighted by molar-refractivity contribution is 5.79. The summed E-state index contributed by atoms with van der Waals surface area (Å²) in [7, 11) is 0. The van der Waals surface area contributed by atoms with Gasteiger partial charge >= 0.3 is 12.5 Å². The number of benzene rings is 2. The summed E-state index contributed by atoms with van der Waals surface area (Å²) in [5.41, 5.74) is -2.21. The third-order valence-electron chi connectivity index (χ3n) is 3.40. The van der Waals surface area contributed by atoms with Gasteiger partial charge in [0.25, 0.3) is 5.56 Å². The van der Waals surface area contributed by atoms with E-state index in [1.807, 2.05) is 0 Å². The Morgan fingerprint density at radius 2 is 1.65 bits per heavy atom. The topological polar surface area (TPSA) is 55.0 Å². The Bertz CT molecular complexity index is 1020. The number of hydrogen-bond acceptors (Lipinski definition) is 3. The summed E-state index contributed by atoms with van der Waals surface area (Å²) in [6.07, 6.45) is -10.4.